The summed E-state index contributed by atoms with van der Waals surface area (Å²) in [5.74, 6) is 1.01. The molecule has 0 saturated carbocycles. The van der Waals surface area contributed by atoms with Crippen LogP contribution >= 0.6 is 15.9 Å². The minimum Gasteiger partial charge on any atom is -0.384 e. The molecule has 0 bridgehead atoms. The van der Waals surface area contributed by atoms with E-state index in [0.717, 1.165) is 34.7 Å². The SMILES string of the molecule is CCCC1CCCN(c2ccc(Br)cc2C(=N)N)CC1. The highest BCUT2D eigenvalue weighted by Crippen LogP contribution is 2.29. The van der Waals surface area contributed by atoms with E-state index in [1.165, 1.54) is 32.1 Å². The third-order valence-electron chi connectivity index (χ3n) is 4.13. The Morgan fingerprint density at radius 3 is 2.90 bits per heavy atom. The molecule has 1 heterocycles. The van der Waals surface area contributed by atoms with Crippen molar-refractivity contribution in [3.63, 3.8) is 0 Å². The van der Waals surface area contributed by atoms with Crippen molar-refractivity contribution in [2.45, 2.75) is 39.0 Å². The molecular formula is C16H24BrN3. The molecule has 0 radical (unpaired) electrons. The predicted octanol–water partition coefficient (Wildman–Crippen LogP) is 4.14. The smallest absolute Gasteiger partial charge is 0.124 e. The maximum atomic E-state index is 7.78. The molecule has 0 aromatic heterocycles. The number of benzene rings is 1. The third kappa shape index (κ3) is 3.75. The van der Waals surface area contributed by atoms with Crippen LogP contribution in [0.15, 0.2) is 22.7 Å². The first kappa shape index (κ1) is 15.4. The van der Waals surface area contributed by atoms with E-state index in [4.69, 9.17) is 11.1 Å². The zero-order valence-corrected chi connectivity index (χ0v) is 13.7. The molecule has 1 unspecified atom stereocenters. The highest BCUT2D eigenvalue weighted by Gasteiger charge is 2.19. The van der Waals surface area contributed by atoms with Gasteiger partial charge in [-0.1, -0.05) is 35.7 Å². The normalized spacial score (nSPS) is 19.7. The van der Waals surface area contributed by atoms with Gasteiger partial charge < -0.3 is 10.6 Å². The zero-order valence-electron chi connectivity index (χ0n) is 12.2. The molecule has 0 amide bonds. The predicted molar refractivity (Wildman–Crippen MR) is 89.6 cm³/mol. The van der Waals surface area contributed by atoms with Gasteiger partial charge in [-0.15, -0.1) is 0 Å². The summed E-state index contributed by atoms with van der Waals surface area (Å²) in [4.78, 5) is 2.40. The van der Waals surface area contributed by atoms with Crippen LogP contribution in [0.1, 0.15) is 44.6 Å². The molecule has 1 fully saturated rings. The number of anilines is 1. The number of nitrogens with zero attached hydrogens (tertiary/aromatic N) is 1. The highest BCUT2D eigenvalue weighted by atomic mass is 79.9. The number of nitrogens with two attached hydrogens (primary N) is 1. The van der Waals surface area contributed by atoms with E-state index < -0.39 is 0 Å². The average Bonchev–Trinajstić information content (AvgIpc) is 2.65. The van der Waals surface area contributed by atoms with Gasteiger partial charge in [0.1, 0.15) is 5.84 Å². The summed E-state index contributed by atoms with van der Waals surface area (Å²) < 4.78 is 0.977. The Morgan fingerprint density at radius 2 is 2.20 bits per heavy atom. The summed E-state index contributed by atoms with van der Waals surface area (Å²) in [5.41, 5.74) is 7.69. The molecule has 0 spiro atoms. The van der Waals surface area contributed by atoms with Crippen LogP contribution in [0.25, 0.3) is 0 Å². The molecule has 1 saturated heterocycles. The molecule has 20 heavy (non-hydrogen) atoms. The summed E-state index contributed by atoms with van der Waals surface area (Å²) in [5, 5.41) is 7.78. The van der Waals surface area contributed by atoms with E-state index in [1.807, 2.05) is 12.1 Å². The molecule has 1 atom stereocenters. The van der Waals surface area contributed by atoms with Crippen molar-refractivity contribution in [3.05, 3.63) is 28.2 Å². The second-order valence-electron chi connectivity index (χ2n) is 5.65. The van der Waals surface area contributed by atoms with Crippen molar-refractivity contribution in [1.29, 1.82) is 5.41 Å². The van der Waals surface area contributed by atoms with Crippen LogP contribution in [0.2, 0.25) is 0 Å². The molecule has 1 aliphatic rings. The Kier molecular flexibility index (Phi) is 5.46. The van der Waals surface area contributed by atoms with Gasteiger partial charge in [0.05, 0.1) is 0 Å². The molecule has 1 aromatic rings. The van der Waals surface area contributed by atoms with Gasteiger partial charge in [-0.05, 0) is 43.4 Å². The van der Waals surface area contributed by atoms with Crippen LogP contribution in [-0.2, 0) is 0 Å². The Hall–Kier alpha value is -1.03. The summed E-state index contributed by atoms with van der Waals surface area (Å²) in [6.45, 7) is 4.42. The van der Waals surface area contributed by atoms with Crippen LogP contribution in [0.3, 0.4) is 0 Å². The lowest BCUT2D eigenvalue weighted by Crippen LogP contribution is -2.27. The number of nitrogens with one attached hydrogen (secondary N) is 1. The fourth-order valence-electron chi connectivity index (χ4n) is 3.10. The third-order valence-corrected chi connectivity index (χ3v) is 4.63. The first-order chi connectivity index (χ1) is 9.61. The van der Waals surface area contributed by atoms with Crippen LogP contribution in [-0.4, -0.2) is 18.9 Å². The van der Waals surface area contributed by atoms with Crippen LogP contribution < -0.4 is 10.6 Å². The van der Waals surface area contributed by atoms with Crippen molar-refractivity contribution < 1.29 is 0 Å². The highest BCUT2D eigenvalue weighted by molar-refractivity contribution is 9.10. The van der Waals surface area contributed by atoms with E-state index >= 15 is 0 Å². The maximum absolute atomic E-state index is 7.78. The Morgan fingerprint density at radius 1 is 1.40 bits per heavy atom. The number of rotatable bonds is 4. The molecule has 1 aliphatic heterocycles. The molecule has 3 N–H and O–H groups in total. The van der Waals surface area contributed by atoms with Crippen molar-refractivity contribution in [2.24, 2.45) is 11.7 Å². The monoisotopic (exact) mass is 337 g/mol. The standard InChI is InChI=1S/C16H24BrN3/c1-2-4-12-5-3-9-20(10-8-12)15-7-6-13(17)11-14(15)16(18)19/h6-7,11-12H,2-5,8-10H2,1H3,(H3,18,19). The van der Waals surface area contributed by atoms with Gasteiger partial charge in [-0.25, -0.2) is 0 Å². The van der Waals surface area contributed by atoms with Crippen LogP contribution in [0.4, 0.5) is 5.69 Å². The van der Waals surface area contributed by atoms with Gasteiger partial charge in [-0.3, -0.25) is 5.41 Å². The van der Waals surface area contributed by atoms with Crippen molar-refractivity contribution in [3.8, 4) is 0 Å². The second kappa shape index (κ2) is 7.11. The van der Waals surface area contributed by atoms with E-state index in [0.29, 0.717) is 0 Å². The lowest BCUT2D eigenvalue weighted by Gasteiger charge is -2.25. The summed E-state index contributed by atoms with van der Waals surface area (Å²) in [7, 11) is 0. The Balaban J connectivity index is 2.17. The van der Waals surface area contributed by atoms with Crippen molar-refractivity contribution in [2.75, 3.05) is 18.0 Å². The lowest BCUT2D eigenvalue weighted by molar-refractivity contribution is 0.435. The van der Waals surface area contributed by atoms with E-state index in [-0.39, 0.29) is 5.84 Å². The second-order valence-corrected chi connectivity index (χ2v) is 6.56. The van der Waals surface area contributed by atoms with Gasteiger partial charge in [0.25, 0.3) is 0 Å². The topological polar surface area (TPSA) is 53.1 Å². The molecule has 2 rings (SSSR count). The zero-order chi connectivity index (χ0) is 14.5. The largest absolute Gasteiger partial charge is 0.384 e. The number of hydrogen-bond acceptors (Lipinski definition) is 2. The fourth-order valence-corrected chi connectivity index (χ4v) is 3.46. The summed E-state index contributed by atoms with van der Waals surface area (Å²) >= 11 is 3.46. The molecule has 4 heteroatoms. The van der Waals surface area contributed by atoms with E-state index in [2.05, 4.69) is 33.8 Å². The van der Waals surface area contributed by atoms with Gasteiger partial charge in [0, 0.05) is 28.8 Å². The van der Waals surface area contributed by atoms with Gasteiger partial charge in [-0.2, -0.15) is 0 Å². The lowest BCUT2D eigenvalue weighted by atomic mass is 9.96. The Labute approximate surface area is 130 Å². The fraction of sp³-hybridized carbons (Fsp3) is 0.562. The number of amidine groups is 1. The average molecular weight is 338 g/mol. The van der Waals surface area contributed by atoms with Crippen LogP contribution in [0.5, 0.6) is 0 Å². The van der Waals surface area contributed by atoms with Crippen LogP contribution in [0, 0.1) is 11.3 Å². The molecular weight excluding hydrogens is 314 g/mol. The molecule has 0 aliphatic carbocycles. The van der Waals surface area contributed by atoms with Crippen molar-refractivity contribution in [1.82, 2.24) is 0 Å². The first-order valence-electron chi connectivity index (χ1n) is 7.50. The number of nitrogen functional groups attached to an aromatic ring is 1. The maximum Gasteiger partial charge on any atom is 0.124 e. The first-order valence-corrected chi connectivity index (χ1v) is 8.30. The molecule has 1 aromatic carbocycles. The quantitative estimate of drug-likeness (QED) is 0.640. The van der Waals surface area contributed by atoms with Gasteiger partial charge >= 0.3 is 0 Å². The van der Waals surface area contributed by atoms with Gasteiger partial charge in [0.2, 0.25) is 0 Å². The molecule has 110 valence electrons. The van der Waals surface area contributed by atoms with E-state index in [9.17, 15) is 0 Å². The minimum absolute atomic E-state index is 0.149. The summed E-state index contributed by atoms with van der Waals surface area (Å²) in [6.07, 6.45) is 6.44. The number of halogens is 1. The van der Waals surface area contributed by atoms with Crippen molar-refractivity contribution >= 4 is 27.5 Å². The van der Waals surface area contributed by atoms with E-state index in [1.54, 1.807) is 0 Å². The number of hydrogen-bond donors (Lipinski definition) is 2. The van der Waals surface area contributed by atoms with Gasteiger partial charge in [0.15, 0.2) is 0 Å². The minimum atomic E-state index is 0.149. The Bertz CT molecular complexity index is 473. The molecule has 3 nitrogen and oxygen atoms in total. The summed E-state index contributed by atoms with van der Waals surface area (Å²) in [6, 6.07) is 6.07.